The lowest BCUT2D eigenvalue weighted by molar-refractivity contribution is -0.128. The summed E-state index contributed by atoms with van der Waals surface area (Å²) in [6, 6.07) is 0.467. The molecule has 0 spiro atoms. The molecular formula is C12H22ClN3O2. The van der Waals surface area contributed by atoms with Gasteiger partial charge in [-0.05, 0) is 19.9 Å². The standard InChI is InChI=1S/C12H21N3O2.ClH/c1-8(6-13-2)12(17)14-9-5-11(16)15(7-9)10-3-4-10;/h8-10,13H,3-7H2,1-2H3,(H,14,17);1H. The van der Waals surface area contributed by atoms with E-state index in [1.165, 1.54) is 0 Å². The zero-order valence-electron chi connectivity index (χ0n) is 10.9. The van der Waals surface area contributed by atoms with E-state index in [0.29, 0.717) is 25.6 Å². The molecule has 0 aromatic rings. The van der Waals surface area contributed by atoms with Gasteiger partial charge in [0.1, 0.15) is 0 Å². The van der Waals surface area contributed by atoms with Gasteiger partial charge in [0, 0.05) is 31.5 Å². The van der Waals surface area contributed by atoms with Crippen LogP contribution in [0.3, 0.4) is 0 Å². The largest absolute Gasteiger partial charge is 0.351 e. The van der Waals surface area contributed by atoms with Crippen molar-refractivity contribution in [2.75, 3.05) is 20.1 Å². The molecule has 104 valence electrons. The van der Waals surface area contributed by atoms with Crippen molar-refractivity contribution in [1.29, 1.82) is 0 Å². The van der Waals surface area contributed by atoms with Crippen LogP contribution in [0.2, 0.25) is 0 Å². The Bertz CT molecular complexity index is 320. The van der Waals surface area contributed by atoms with Gasteiger partial charge in [-0.1, -0.05) is 6.92 Å². The molecule has 0 aromatic heterocycles. The van der Waals surface area contributed by atoms with Gasteiger partial charge in [-0.2, -0.15) is 0 Å². The van der Waals surface area contributed by atoms with Crippen molar-refractivity contribution in [3.63, 3.8) is 0 Å². The first-order valence-electron chi connectivity index (χ1n) is 6.36. The average Bonchev–Trinajstić information content (AvgIpc) is 3.04. The minimum absolute atomic E-state index is 0. The maximum absolute atomic E-state index is 11.8. The fraction of sp³-hybridized carbons (Fsp3) is 0.833. The summed E-state index contributed by atoms with van der Waals surface area (Å²) in [7, 11) is 1.83. The number of halogens is 1. The second-order valence-corrected chi connectivity index (χ2v) is 5.15. The molecule has 1 aliphatic carbocycles. The fourth-order valence-corrected chi connectivity index (χ4v) is 2.31. The van der Waals surface area contributed by atoms with Gasteiger partial charge in [-0.25, -0.2) is 0 Å². The molecule has 18 heavy (non-hydrogen) atoms. The highest BCUT2D eigenvalue weighted by Gasteiger charge is 2.39. The molecule has 0 aromatic carbocycles. The number of hydrogen-bond donors (Lipinski definition) is 2. The number of hydrogen-bond acceptors (Lipinski definition) is 3. The Hall–Kier alpha value is -0.810. The SMILES string of the molecule is CNCC(C)C(=O)NC1CC(=O)N(C2CC2)C1.Cl. The van der Waals surface area contributed by atoms with Gasteiger partial charge in [-0.3, -0.25) is 9.59 Å². The van der Waals surface area contributed by atoms with Crippen LogP contribution < -0.4 is 10.6 Å². The molecule has 5 nitrogen and oxygen atoms in total. The topological polar surface area (TPSA) is 61.4 Å². The van der Waals surface area contributed by atoms with E-state index in [4.69, 9.17) is 0 Å². The minimum Gasteiger partial charge on any atom is -0.351 e. The first-order chi connectivity index (χ1) is 8.11. The fourth-order valence-electron chi connectivity index (χ4n) is 2.31. The van der Waals surface area contributed by atoms with Crippen molar-refractivity contribution in [2.45, 2.75) is 38.3 Å². The Morgan fingerprint density at radius 1 is 1.50 bits per heavy atom. The molecule has 1 saturated carbocycles. The molecule has 2 N–H and O–H groups in total. The van der Waals surface area contributed by atoms with Gasteiger partial charge in [0.05, 0.1) is 6.04 Å². The number of carbonyl (C=O) groups excluding carboxylic acids is 2. The molecule has 0 bridgehead atoms. The van der Waals surface area contributed by atoms with Crippen LogP contribution in [0.15, 0.2) is 0 Å². The maximum Gasteiger partial charge on any atom is 0.225 e. The number of nitrogens with one attached hydrogen (secondary N) is 2. The van der Waals surface area contributed by atoms with Crippen LogP contribution in [0.4, 0.5) is 0 Å². The second kappa shape index (κ2) is 6.38. The zero-order chi connectivity index (χ0) is 12.4. The van der Waals surface area contributed by atoms with E-state index in [-0.39, 0.29) is 36.2 Å². The van der Waals surface area contributed by atoms with E-state index < -0.39 is 0 Å². The molecule has 2 amide bonds. The highest BCUT2D eigenvalue weighted by atomic mass is 35.5. The third kappa shape index (κ3) is 3.59. The summed E-state index contributed by atoms with van der Waals surface area (Å²) in [5.74, 6) is 0.180. The molecule has 2 unspecified atom stereocenters. The van der Waals surface area contributed by atoms with E-state index >= 15 is 0 Å². The quantitative estimate of drug-likeness (QED) is 0.751. The smallest absolute Gasteiger partial charge is 0.225 e. The Balaban J connectivity index is 0.00000162. The van der Waals surface area contributed by atoms with Crippen LogP contribution >= 0.6 is 12.4 Å². The summed E-state index contributed by atoms with van der Waals surface area (Å²) in [5.41, 5.74) is 0. The van der Waals surface area contributed by atoms with Crippen molar-refractivity contribution >= 4 is 24.2 Å². The number of likely N-dealkylation sites (tertiary alicyclic amines) is 1. The van der Waals surface area contributed by atoms with Crippen molar-refractivity contribution < 1.29 is 9.59 Å². The maximum atomic E-state index is 11.8. The van der Waals surface area contributed by atoms with Crippen molar-refractivity contribution in [3.05, 3.63) is 0 Å². The Kier molecular flexibility index (Phi) is 5.41. The lowest BCUT2D eigenvalue weighted by atomic mass is 10.1. The van der Waals surface area contributed by atoms with E-state index in [1.807, 2.05) is 18.9 Å². The van der Waals surface area contributed by atoms with E-state index in [1.54, 1.807) is 0 Å². The summed E-state index contributed by atoms with van der Waals surface area (Å²) in [6.07, 6.45) is 2.72. The van der Waals surface area contributed by atoms with Crippen LogP contribution in [-0.2, 0) is 9.59 Å². The Morgan fingerprint density at radius 3 is 2.72 bits per heavy atom. The van der Waals surface area contributed by atoms with Gasteiger partial charge in [0.15, 0.2) is 0 Å². The lowest BCUT2D eigenvalue weighted by Gasteiger charge is -2.18. The summed E-state index contributed by atoms with van der Waals surface area (Å²) in [6.45, 7) is 3.25. The highest BCUT2D eigenvalue weighted by molar-refractivity contribution is 5.85. The number of rotatable bonds is 5. The van der Waals surface area contributed by atoms with Crippen LogP contribution in [0.5, 0.6) is 0 Å². The average molecular weight is 276 g/mol. The molecule has 2 fully saturated rings. The molecular weight excluding hydrogens is 254 g/mol. The van der Waals surface area contributed by atoms with E-state index in [2.05, 4.69) is 10.6 Å². The molecule has 0 radical (unpaired) electrons. The highest BCUT2D eigenvalue weighted by Crippen LogP contribution is 2.30. The first kappa shape index (κ1) is 15.2. The molecule has 1 heterocycles. The molecule has 2 rings (SSSR count). The zero-order valence-corrected chi connectivity index (χ0v) is 11.8. The summed E-state index contributed by atoms with van der Waals surface area (Å²) >= 11 is 0. The third-order valence-corrected chi connectivity index (χ3v) is 3.45. The van der Waals surface area contributed by atoms with Crippen LogP contribution in [-0.4, -0.2) is 48.9 Å². The third-order valence-electron chi connectivity index (χ3n) is 3.45. The number of carbonyl (C=O) groups is 2. The van der Waals surface area contributed by atoms with Crippen molar-refractivity contribution in [3.8, 4) is 0 Å². The monoisotopic (exact) mass is 275 g/mol. The van der Waals surface area contributed by atoms with Crippen molar-refractivity contribution in [1.82, 2.24) is 15.5 Å². The predicted octanol–water partition coefficient (Wildman–Crippen LogP) is 0.143. The summed E-state index contributed by atoms with van der Waals surface area (Å²) in [5, 5.41) is 5.95. The van der Waals surface area contributed by atoms with Gasteiger partial charge >= 0.3 is 0 Å². The first-order valence-corrected chi connectivity index (χ1v) is 6.36. The van der Waals surface area contributed by atoms with Crippen LogP contribution in [0, 0.1) is 5.92 Å². The van der Waals surface area contributed by atoms with Gasteiger partial charge in [-0.15, -0.1) is 12.4 Å². The predicted molar refractivity (Wildman–Crippen MR) is 71.6 cm³/mol. The van der Waals surface area contributed by atoms with Crippen LogP contribution in [0.1, 0.15) is 26.2 Å². The Morgan fingerprint density at radius 2 is 2.17 bits per heavy atom. The van der Waals surface area contributed by atoms with Gasteiger partial charge in [0.2, 0.25) is 11.8 Å². The molecule has 2 aliphatic rings. The number of amides is 2. The van der Waals surface area contributed by atoms with Gasteiger partial charge in [0.25, 0.3) is 0 Å². The molecule has 2 atom stereocenters. The summed E-state index contributed by atoms with van der Waals surface area (Å²) in [4.78, 5) is 25.4. The Labute approximate surface area is 114 Å². The normalized spacial score (nSPS) is 24.7. The molecule has 6 heteroatoms. The second-order valence-electron chi connectivity index (χ2n) is 5.15. The van der Waals surface area contributed by atoms with E-state index in [9.17, 15) is 9.59 Å². The summed E-state index contributed by atoms with van der Waals surface area (Å²) < 4.78 is 0. The van der Waals surface area contributed by atoms with Gasteiger partial charge < -0.3 is 15.5 Å². The lowest BCUT2D eigenvalue weighted by Crippen LogP contribution is -2.42. The van der Waals surface area contributed by atoms with Crippen LogP contribution in [0.25, 0.3) is 0 Å². The van der Waals surface area contributed by atoms with Crippen molar-refractivity contribution in [2.24, 2.45) is 5.92 Å². The number of nitrogens with zero attached hydrogens (tertiary/aromatic N) is 1. The molecule has 1 saturated heterocycles. The molecule has 1 aliphatic heterocycles. The van der Waals surface area contributed by atoms with E-state index in [0.717, 1.165) is 12.8 Å². The minimum atomic E-state index is -0.0509.